The van der Waals surface area contributed by atoms with Crippen LogP contribution in [0.2, 0.25) is 0 Å². The van der Waals surface area contributed by atoms with Crippen LogP contribution in [-0.4, -0.2) is 21.6 Å². The molecule has 0 saturated heterocycles. The number of carbonyl (C=O) groups excluding carboxylic acids is 1. The molecule has 0 radical (unpaired) electrons. The molecule has 4 nitrogen and oxygen atoms in total. The zero-order valence-corrected chi connectivity index (χ0v) is 10.6. The monoisotopic (exact) mass is 283 g/mol. The lowest BCUT2D eigenvalue weighted by molar-refractivity contribution is -0.118. The van der Waals surface area contributed by atoms with Crippen LogP contribution in [0.3, 0.4) is 0 Å². The molecule has 7 heteroatoms. The number of amides is 1. The minimum atomic E-state index is -0.914. The van der Waals surface area contributed by atoms with E-state index in [1.165, 1.54) is 12.4 Å². The lowest BCUT2D eigenvalue weighted by atomic mass is 10.3. The Morgan fingerprint density at radius 1 is 1.37 bits per heavy atom. The number of carbonyl (C=O) groups is 1. The Labute approximate surface area is 112 Å². The zero-order valence-electron chi connectivity index (χ0n) is 9.82. The maximum Gasteiger partial charge on any atom is 0.230 e. The molecule has 2 rings (SSSR count). The fourth-order valence-electron chi connectivity index (χ4n) is 1.34. The minimum absolute atomic E-state index is 0.138. The molecule has 0 saturated carbocycles. The van der Waals surface area contributed by atoms with Crippen molar-refractivity contribution in [1.29, 1.82) is 0 Å². The number of benzene rings is 1. The molecule has 0 bridgehead atoms. The van der Waals surface area contributed by atoms with Gasteiger partial charge in [-0.25, -0.2) is 13.8 Å². The number of hydrogen-bond donors (Lipinski definition) is 2. The standard InChI is InChI=1S/C12H11F2N3OS/c13-10-2-1-9(3-11(10)14)19-6-12(18)16-5-8-4-15-7-17-8/h1-4,7H,5-6H2,(H,15,17)(H,16,18). The minimum Gasteiger partial charge on any atom is -0.350 e. The summed E-state index contributed by atoms with van der Waals surface area (Å²) in [4.78, 5) is 18.7. The first-order valence-electron chi connectivity index (χ1n) is 5.47. The van der Waals surface area contributed by atoms with Crippen LogP contribution in [0.1, 0.15) is 5.69 Å². The molecule has 100 valence electrons. The highest BCUT2D eigenvalue weighted by molar-refractivity contribution is 8.00. The van der Waals surface area contributed by atoms with Gasteiger partial charge in [-0.05, 0) is 18.2 Å². The van der Waals surface area contributed by atoms with Gasteiger partial charge in [-0.3, -0.25) is 4.79 Å². The first-order valence-corrected chi connectivity index (χ1v) is 6.45. The molecule has 1 aromatic carbocycles. The average molecular weight is 283 g/mol. The molecule has 1 aromatic heterocycles. The Bertz CT molecular complexity index is 560. The summed E-state index contributed by atoms with van der Waals surface area (Å²) in [6, 6.07) is 3.55. The van der Waals surface area contributed by atoms with Crippen LogP contribution in [-0.2, 0) is 11.3 Å². The van der Waals surface area contributed by atoms with E-state index in [0.717, 1.165) is 29.6 Å². The van der Waals surface area contributed by atoms with Crippen molar-refractivity contribution in [3.8, 4) is 0 Å². The number of H-pyrrole nitrogens is 1. The number of nitrogens with zero attached hydrogens (tertiary/aromatic N) is 1. The largest absolute Gasteiger partial charge is 0.350 e. The van der Waals surface area contributed by atoms with Gasteiger partial charge in [0.2, 0.25) is 5.91 Å². The Kier molecular flexibility index (Phi) is 4.51. The van der Waals surface area contributed by atoms with Crippen LogP contribution in [0.25, 0.3) is 0 Å². The highest BCUT2D eigenvalue weighted by atomic mass is 32.2. The van der Waals surface area contributed by atoms with Crippen molar-refractivity contribution in [2.24, 2.45) is 0 Å². The summed E-state index contributed by atoms with van der Waals surface area (Å²) in [7, 11) is 0. The third kappa shape index (κ3) is 4.06. The first-order chi connectivity index (χ1) is 9.15. The van der Waals surface area contributed by atoms with Crippen LogP contribution in [0.5, 0.6) is 0 Å². The van der Waals surface area contributed by atoms with Crippen molar-refractivity contribution in [3.63, 3.8) is 0 Å². The van der Waals surface area contributed by atoms with Crippen molar-refractivity contribution < 1.29 is 13.6 Å². The molecule has 0 unspecified atom stereocenters. The van der Waals surface area contributed by atoms with Crippen molar-refractivity contribution in [2.75, 3.05) is 5.75 Å². The van der Waals surface area contributed by atoms with E-state index < -0.39 is 11.6 Å². The highest BCUT2D eigenvalue weighted by Gasteiger charge is 2.06. The van der Waals surface area contributed by atoms with Gasteiger partial charge in [0.25, 0.3) is 0 Å². The van der Waals surface area contributed by atoms with Gasteiger partial charge in [0, 0.05) is 11.1 Å². The zero-order chi connectivity index (χ0) is 13.7. The van der Waals surface area contributed by atoms with Crippen molar-refractivity contribution in [1.82, 2.24) is 15.3 Å². The van der Waals surface area contributed by atoms with Crippen molar-refractivity contribution in [2.45, 2.75) is 11.4 Å². The maximum atomic E-state index is 12.9. The third-order valence-electron chi connectivity index (χ3n) is 2.29. The normalized spacial score (nSPS) is 10.4. The molecular formula is C12H11F2N3OS. The Morgan fingerprint density at radius 2 is 2.21 bits per heavy atom. The van der Waals surface area contributed by atoms with Gasteiger partial charge in [0.05, 0.1) is 24.3 Å². The molecule has 0 spiro atoms. The molecule has 1 heterocycles. The number of halogens is 2. The molecular weight excluding hydrogens is 272 g/mol. The first kappa shape index (κ1) is 13.5. The van der Waals surface area contributed by atoms with Crippen LogP contribution >= 0.6 is 11.8 Å². The number of aromatic amines is 1. The number of rotatable bonds is 5. The van der Waals surface area contributed by atoms with Gasteiger partial charge in [-0.1, -0.05) is 0 Å². The number of aromatic nitrogens is 2. The lowest BCUT2D eigenvalue weighted by Gasteiger charge is -2.04. The molecule has 0 aliphatic heterocycles. The third-order valence-corrected chi connectivity index (χ3v) is 3.29. The Morgan fingerprint density at radius 3 is 2.89 bits per heavy atom. The predicted octanol–water partition coefficient (Wildman–Crippen LogP) is 2.10. The molecule has 0 fully saturated rings. The van der Waals surface area contributed by atoms with E-state index in [9.17, 15) is 13.6 Å². The van der Waals surface area contributed by atoms with Gasteiger partial charge in [-0.15, -0.1) is 11.8 Å². The summed E-state index contributed by atoms with van der Waals surface area (Å²) in [6.45, 7) is 0.358. The number of nitrogens with one attached hydrogen (secondary N) is 2. The molecule has 0 aliphatic carbocycles. The maximum absolute atomic E-state index is 12.9. The summed E-state index contributed by atoms with van der Waals surface area (Å²) < 4.78 is 25.6. The van der Waals surface area contributed by atoms with Crippen LogP contribution in [0.15, 0.2) is 35.6 Å². The van der Waals surface area contributed by atoms with Gasteiger partial charge in [0.1, 0.15) is 0 Å². The van der Waals surface area contributed by atoms with Gasteiger partial charge >= 0.3 is 0 Å². The van der Waals surface area contributed by atoms with E-state index in [4.69, 9.17) is 0 Å². The Hall–Kier alpha value is -1.89. The smallest absolute Gasteiger partial charge is 0.230 e. The van der Waals surface area contributed by atoms with Gasteiger partial charge in [0.15, 0.2) is 11.6 Å². The van der Waals surface area contributed by atoms with Crippen LogP contribution in [0.4, 0.5) is 8.78 Å². The van der Waals surface area contributed by atoms with E-state index in [-0.39, 0.29) is 11.7 Å². The van der Waals surface area contributed by atoms with Crippen molar-refractivity contribution in [3.05, 3.63) is 48.1 Å². The summed E-state index contributed by atoms with van der Waals surface area (Å²) in [6.07, 6.45) is 3.14. The highest BCUT2D eigenvalue weighted by Crippen LogP contribution is 2.19. The second-order valence-electron chi connectivity index (χ2n) is 3.72. The summed E-state index contributed by atoms with van der Waals surface area (Å²) in [5.41, 5.74) is 0.797. The predicted molar refractivity (Wildman–Crippen MR) is 67.5 cm³/mol. The van der Waals surface area contributed by atoms with E-state index in [1.54, 1.807) is 6.20 Å². The van der Waals surface area contributed by atoms with Gasteiger partial charge in [-0.2, -0.15) is 0 Å². The lowest BCUT2D eigenvalue weighted by Crippen LogP contribution is -2.24. The fourth-order valence-corrected chi connectivity index (χ4v) is 2.09. The van der Waals surface area contributed by atoms with E-state index in [2.05, 4.69) is 15.3 Å². The summed E-state index contributed by atoms with van der Waals surface area (Å²) in [5.74, 6) is -1.86. The van der Waals surface area contributed by atoms with E-state index in [0.29, 0.717) is 11.4 Å². The van der Waals surface area contributed by atoms with Crippen molar-refractivity contribution >= 4 is 17.7 Å². The van der Waals surface area contributed by atoms with Crippen LogP contribution in [0, 0.1) is 11.6 Å². The molecule has 19 heavy (non-hydrogen) atoms. The second-order valence-corrected chi connectivity index (χ2v) is 4.77. The summed E-state index contributed by atoms with van der Waals surface area (Å²) >= 11 is 1.14. The number of hydrogen-bond acceptors (Lipinski definition) is 3. The number of imidazole rings is 1. The topological polar surface area (TPSA) is 57.8 Å². The quantitative estimate of drug-likeness (QED) is 0.826. The molecule has 0 aliphatic rings. The Balaban J connectivity index is 1.78. The number of thioether (sulfide) groups is 1. The van der Waals surface area contributed by atoms with Gasteiger partial charge < -0.3 is 10.3 Å². The van der Waals surface area contributed by atoms with E-state index in [1.807, 2.05) is 0 Å². The molecule has 2 N–H and O–H groups in total. The molecule has 2 aromatic rings. The average Bonchev–Trinajstić information content (AvgIpc) is 2.91. The van der Waals surface area contributed by atoms with E-state index >= 15 is 0 Å². The van der Waals surface area contributed by atoms with Crippen LogP contribution < -0.4 is 5.32 Å². The summed E-state index contributed by atoms with van der Waals surface area (Å²) in [5, 5.41) is 2.68. The SMILES string of the molecule is O=C(CSc1ccc(F)c(F)c1)NCc1cnc[nH]1. The molecule has 1 amide bonds. The molecule has 0 atom stereocenters. The fraction of sp³-hybridized carbons (Fsp3) is 0.167. The second kappa shape index (κ2) is 6.33.